The molecule has 7 heteroatoms. The first-order valence-electron chi connectivity index (χ1n) is 5.78. The van der Waals surface area contributed by atoms with E-state index in [4.69, 9.17) is 5.11 Å². The highest BCUT2D eigenvalue weighted by molar-refractivity contribution is 5.79. The lowest BCUT2D eigenvalue weighted by Gasteiger charge is -2.17. The molecule has 21 heavy (non-hydrogen) atoms. The monoisotopic (exact) mass is 299 g/mol. The summed E-state index contributed by atoms with van der Waals surface area (Å²) in [7, 11) is 0. The Morgan fingerprint density at radius 3 is 2.10 bits per heavy atom. The first-order chi connectivity index (χ1) is 9.88. The zero-order valence-electron chi connectivity index (χ0n) is 10.4. The van der Waals surface area contributed by atoms with Crippen molar-refractivity contribution in [2.75, 3.05) is 5.32 Å². The van der Waals surface area contributed by atoms with Crippen LogP contribution in [-0.4, -0.2) is 11.1 Å². The van der Waals surface area contributed by atoms with Crippen LogP contribution in [0.4, 0.5) is 23.2 Å². The van der Waals surface area contributed by atoms with Gasteiger partial charge in [0.25, 0.3) is 0 Å². The summed E-state index contributed by atoms with van der Waals surface area (Å²) in [6.07, 6.45) is 0. The summed E-state index contributed by atoms with van der Waals surface area (Å²) >= 11 is 0. The first kappa shape index (κ1) is 14.8. The molecular formula is C14H9F4NO2. The van der Waals surface area contributed by atoms with Gasteiger partial charge in [-0.1, -0.05) is 0 Å². The number of rotatable bonds is 4. The number of anilines is 1. The molecule has 110 valence electrons. The highest BCUT2D eigenvalue weighted by atomic mass is 19.2. The number of carboxylic acids is 1. The summed E-state index contributed by atoms with van der Waals surface area (Å²) in [5.41, 5.74) is -0.376. The van der Waals surface area contributed by atoms with Crippen molar-refractivity contribution in [3.8, 4) is 0 Å². The maximum atomic E-state index is 13.6. The summed E-state index contributed by atoms with van der Waals surface area (Å²) in [5.74, 6) is -6.01. The van der Waals surface area contributed by atoms with E-state index in [9.17, 15) is 22.4 Å². The second-order valence-electron chi connectivity index (χ2n) is 4.21. The smallest absolute Gasteiger partial charge is 0.330 e. The van der Waals surface area contributed by atoms with Crippen LogP contribution >= 0.6 is 0 Å². The fourth-order valence-corrected chi connectivity index (χ4v) is 1.74. The fourth-order valence-electron chi connectivity index (χ4n) is 1.74. The predicted octanol–water partition coefficient (Wildman–Crippen LogP) is 3.48. The van der Waals surface area contributed by atoms with Gasteiger partial charge in [0.15, 0.2) is 17.7 Å². The van der Waals surface area contributed by atoms with Gasteiger partial charge in [-0.2, -0.15) is 0 Å². The highest BCUT2D eigenvalue weighted by Crippen LogP contribution is 2.24. The van der Waals surface area contributed by atoms with E-state index < -0.39 is 40.8 Å². The number of benzene rings is 2. The zero-order valence-corrected chi connectivity index (χ0v) is 10.4. The predicted molar refractivity (Wildman–Crippen MR) is 66.7 cm³/mol. The molecule has 0 saturated carbocycles. The van der Waals surface area contributed by atoms with Crippen molar-refractivity contribution >= 4 is 11.7 Å². The second-order valence-corrected chi connectivity index (χ2v) is 4.21. The normalized spacial score (nSPS) is 12.0. The third kappa shape index (κ3) is 3.31. The SMILES string of the molecule is O=C(O)C(Nc1ccc(F)cc1)c1cc(F)c(F)cc1F. The molecule has 0 bridgehead atoms. The molecule has 1 unspecified atom stereocenters. The Kier molecular flexibility index (Phi) is 4.11. The van der Waals surface area contributed by atoms with E-state index in [2.05, 4.69) is 5.32 Å². The molecule has 2 aromatic carbocycles. The Morgan fingerprint density at radius 1 is 0.952 bits per heavy atom. The van der Waals surface area contributed by atoms with Crippen molar-refractivity contribution < 1.29 is 27.5 Å². The molecular weight excluding hydrogens is 290 g/mol. The summed E-state index contributed by atoms with van der Waals surface area (Å²) in [6, 6.07) is 3.72. The lowest BCUT2D eigenvalue weighted by molar-refractivity contribution is -0.138. The van der Waals surface area contributed by atoms with E-state index in [1.54, 1.807) is 0 Å². The van der Waals surface area contributed by atoms with Gasteiger partial charge in [-0.25, -0.2) is 22.4 Å². The number of carbonyl (C=O) groups is 1. The van der Waals surface area contributed by atoms with Crippen molar-refractivity contribution in [1.29, 1.82) is 0 Å². The molecule has 0 aliphatic heterocycles. The summed E-state index contributed by atoms with van der Waals surface area (Å²) in [5, 5.41) is 11.5. The van der Waals surface area contributed by atoms with Crippen molar-refractivity contribution in [2.45, 2.75) is 6.04 Å². The quantitative estimate of drug-likeness (QED) is 0.671. The molecule has 0 aromatic heterocycles. The molecule has 0 heterocycles. The van der Waals surface area contributed by atoms with Crippen LogP contribution in [0.3, 0.4) is 0 Å². The van der Waals surface area contributed by atoms with E-state index in [0.717, 1.165) is 12.1 Å². The lowest BCUT2D eigenvalue weighted by Crippen LogP contribution is -2.22. The van der Waals surface area contributed by atoms with Crippen LogP contribution < -0.4 is 5.32 Å². The average Bonchev–Trinajstić information content (AvgIpc) is 2.42. The van der Waals surface area contributed by atoms with E-state index in [1.165, 1.54) is 12.1 Å². The van der Waals surface area contributed by atoms with E-state index in [0.29, 0.717) is 6.07 Å². The van der Waals surface area contributed by atoms with Crippen LogP contribution in [0.1, 0.15) is 11.6 Å². The van der Waals surface area contributed by atoms with Crippen molar-refractivity contribution in [2.24, 2.45) is 0 Å². The van der Waals surface area contributed by atoms with Crippen molar-refractivity contribution in [3.05, 3.63) is 65.2 Å². The van der Waals surface area contributed by atoms with Gasteiger partial charge >= 0.3 is 5.97 Å². The molecule has 1 atom stereocenters. The van der Waals surface area contributed by atoms with E-state index in [-0.39, 0.29) is 11.8 Å². The number of hydrogen-bond donors (Lipinski definition) is 2. The molecule has 2 rings (SSSR count). The molecule has 0 aliphatic carbocycles. The molecule has 0 aliphatic rings. The van der Waals surface area contributed by atoms with Crippen molar-refractivity contribution in [1.82, 2.24) is 0 Å². The Morgan fingerprint density at radius 2 is 1.52 bits per heavy atom. The molecule has 2 N–H and O–H groups in total. The molecule has 0 saturated heterocycles. The van der Waals surface area contributed by atoms with Crippen LogP contribution in [0.25, 0.3) is 0 Å². The van der Waals surface area contributed by atoms with Gasteiger partial charge in [0.2, 0.25) is 0 Å². The topological polar surface area (TPSA) is 49.3 Å². The fraction of sp³-hybridized carbons (Fsp3) is 0.0714. The van der Waals surface area contributed by atoms with Gasteiger partial charge in [-0.05, 0) is 30.3 Å². The van der Waals surface area contributed by atoms with Crippen LogP contribution in [-0.2, 0) is 4.79 Å². The van der Waals surface area contributed by atoms with Gasteiger partial charge < -0.3 is 10.4 Å². The van der Waals surface area contributed by atoms with Crippen LogP contribution in [0, 0.1) is 23.3 Å². The highest BCUT2D eigenvalue weighted by Gasteiger charge is 2.25. The third-order valence-electron chi connectivity index (χ3n) is 2.75. The second kappa shape index (κ2) is 5.82. The van der Waals surface area contributed by atoms with Gasteiger partial charge in [0, 0.05) is 17.3 Å². The summed E-state index contributed by atoms with van der Waals surface area (Å²) in [4.78, 5) is 11.2. The van der Waals surface area contributed by atoms with Crippen molar-refractivity contribution in [3.63, 3.8) is 0 Å². The molecule has 0 fully saturated rings. The Balaban J connectivity index is 2.38. The molecule has 0 amide bonds. The van der Waals surface area contributed by atoms with Crippen LogP contribution in [0.2, 0.25) is 0 Å². The minimum Gasteiger partial charge on any atom is -0.479 e. The number of aliphatic carboxylic acids is 1. The molecule has 0 spiro atoms. The van der Waals surface area contributed by atoms with Crippen LogP contribution in [0.5, 0.6) is 0 Å². The maximum Gasteiger partial charge on any atom is 0.330 e. The largest absolute Gasteiger partial charge is 0.479 e. The van der Waals surface area contributed by atoms with Gasteiger partial charge in [0.05, 0.1) is 0 Å². The summed E-state index contributed by atoms with van der Waals surface area (Å²) in [6.45, 7) is 0. The minimum atomic E-state index is -1.65. The average molecular weight is 299 g/mol. The first-order valence-corrected chi connectivity index (χ1v) is 5.78. The number of carboxylic acid groups (broad SMARTS) is 1. The Labute approximate surface area is 116 Å². The Hall–Kier alpha value is -2.57. The molecule has 3 nitrogen and oxygen atoms in total. The number of halogens is 4. The standard InChI is InChI=1S/C14H9F4NO2/c15-7-1-3-8(4-2-7)19-13(14(20)21)9-5-11(17)12(18)6-10(9)16/h1-6,13,19H,(H,20,21). The number of hydrogen-bond acceptors (Lipinski definition) is 2. The Bertz CT molecular complexity index is 673. The van der Waals surface area contributed by atoms with Gasteiger partial charge in [-0.3, -0.25) is 0 Å². The van der Waals surface area contributed by atoms with E-state index >= 15 is 0 Å². The minimum absolute atomic E-state index is 0.188. The zero-order chi connectivity index (χ0) is 15.6. The number of nitrogens with one attached hydrogen (secondary N) is 1. The van der Waals surface area contributed by atoms with Crippen LogP contribution in [0.15, 0.2) is 36.4 Å². The van der Waals surface area contributed by atoms with Gasteiger partial charge in [-0.15, -0.1) is 0 Å². The molecule has 2 aromatic rings. The third-order valence-corrected chi connectivity index (χ3v) is 2.75. The lowest BCUT2D eigenvalue weighted by atomic mass is 10.1. The van der Waals surface area contributed by atoms with Gasteiger partial charge in [0.1, 0.15) is 11.6 Å². The van der Waals surface area contributed by atoms with E-state index in [1.807, 2.05) is 0 Å². The maximum absolute atomic E-state index is 13.6. The summed E-state index contributed by atoms with van der Waals surface area (Å²) < 4.78 is 52.4. The molecule has 0 radical (unpaired) electrons.